The molecule has 7 nitrogen and oxygen atoms in total. The Morgan fingerprint density at radius 1 is 1.09 bits per heavy atom. The van der Waals surface area contributed by atoms with Crippen LogP contribution in [0.2, 0.25) is 0 Å². The fourth-order valence-corrected chi connectivity index (χ4v) is 4.66. The number of aryl methyl sites for hydroxylation is 1. The number of thioether (sulfide) groups is 1. The first-order valence-corrected chi connectivity index (χ1v) is 11.6. The summed E-state index contributed by atoms with van der Waals surface area (Å²) in [5, 5.41) is 5.32. The molecular formula is C24H30N4O3S. The van der Waals surface area contributed by atoms with Crippen LogP contribution in [-0.4, -0.2) is 59.4 Å². The second-order valence-electron chi connectivity index (χ2n) is 8.42. The number of amides is 4. The van der Waals surface area contributed by atoms with Gasteiger partial charge in [0.05, 0.1) is 6.54 Å². The fourth-order valence-electron chi connectivity index (χ4n) is 3.55. The molecular weight excluding hydrogens is 424 g/mol. The molecule has 4 amide bonds. The number of rotatable bonds is 6. The Bertz CT molecular complexity index is 965. The number of nitrogens with zero attached hydrogens (tertiary/aromatic N) is 2. The topological polar surface area (TPSA) is 81.8 Å². The Balaban J connectivity index is 1.64. The minimum Gasteiger partial charge on any atom is -0.339 e. The van der Waals surface area contributed by atoms with E-state index in [-0.39, 0.29) is 29.7 Å². The Morgan fingerprint density at radius 3 is 2.53 bits per heavy atom. The number of carbonyl (C=O) groups excluding carboxylic acids is 3. The molecule has 0 unspecified atom stereocenters. The molecule has 1 saturated heterocycles. The molecule has 32 heavy (non-hydrogen) atoms. The highest BCUT2D eigenvalue weighted by Crippen LogP contribution is 2.29. The van der Waals surface area contributed by atoms with Crippen LogP contribution >= 0.6 is 11.8 Å². The molecule has 8 heteroatoms. The maximum Gasteiger partial charge on any atom is 0.319 e. The third kappa shape index (κ3) is 6.75. The van der Waals surface area contributed by atoms with Crippen molar-refractivity contribution in [2.75, 3.05) is 42.1 Å². The molecule has 2 aromatic carbocycles. The lowest BCUT2D eigenvalue weighted by molar-refractivity contribution is -0.131. The lowest BCUT2D eigenvalue weighted by Gasteiger charge is -2.38. The molecule has 1 heterocycles. The number of carbonyl (C=O) groups is 3. The summed E-state index contributed by atoms with van der Waals surface area (Å²) in [6.07, 6.45) is 0. The smallest absolute Gasteiger partial charge is 0.319 e. The molecule has 1 aliphatic heterocycles. The first-order chi connectivity index (χ1) is 15.2. The summed E-state index contributed by atoms with van der Waals surface area (Å²) in [7, 11) is 0. The summed E-state index contributed by atoms with van der Waals surface area (Å²) < 4.78 is -0.00900. The average Bonchev–Trinajstić information content (AvgIpc) is 2.75. The third-order valence-corrected chi connectivity index (χ3v) is 6.41. The van der Waals surface area contributed by atoms with Crippen molar-refractivity contribution in [1.29, 1.82) is 0 Å². The summed E-state index contributed by atoms with van der Waals surface area (Å²) >= 11 is 1.85. The quantitative estimate of drug-likeness (QED) is 0.700. The standard InChI is InChI=1S/C24H30N4O3S/c1-18-8-7-9-19(14-18)26-23(31)25-15-21(29)28(20-10-5-4-6-11-20)16-22(30)27-12-13-32-24(2,3)17-27/h4-11,14H,12-13,15-17H2,1-3H3,(H2,25,26,31). The van der Waals surface area contributed by atoms with Crippen molar-refractivity contribution in [3.8, 4) is 0 Å². The van der Waals surface area contributed by atoms with Gasteiger partial charge >= 0.3 is 6.03 Å². The summed E-state index contributed by atoms with van der Waals surface area (Å²) in [4.78, 5) is 41.5. The van der Waals surface area contributed by atoms with E-state index in [0.29, 0.717) is 24.5 Å². The van der Waals surface area contributed by atoms with Crippen LogP contribution in [-0.2, 0) is 9.59 Å². The van der Waals surface area contributed by atoms with Gasteiger partial charge < -0.3 is 20.4 Å². The first kappa shape index (κ1) is 23.7. The molecule has 0 aliphatic carbocycles. The molecule has 0 saturated carbocycles. The largest absolute Gasteiger partial charge is 0.339 e. The number of hydrogen-bond donors (Lipinski definition) is 2. The van der Waals surface area contributed by atoms with E-state index in [1.165, 1.54) is 4.90 Å². The molecule has 1 fully saturated rings. The van der Waals surface area contributed by atoms with E-state index in [1.54, 1.807) is 18.2 Å². The van der Waals surface area contributed by atoms with Gasteiger partial charge in [0.25, 0.3) is 0 Å². The maximum atomic E-state index is 13.0. The van der Waals surface area contributed by atoms with Crippen molar-refractivity contribution in [2.24, 2.45) is 0 Å². The maximum absolute atomic E-state index is 13.0. The van der Waals surface area contributed by atoms with Crippen LogP contribution in [0, 0.1) is 6.92 Å². The van der Waals surface area contributed by atoms with Gasteiger partial charge in [-0.2, -0.15) is 11.8 Å². The molecule has 0 atom stereocenters. The van der Waals surface area contributed by atoms with Crippen molar-refractivity contribution in [3.63, 3.8) is 0 Å². The normalized spacial score (nSPS) is 15.0. The molecule has 2 N–H and O–H groups in total. The molecule has 0 radical (unpaired) electrons. The molecule has 3 rings (SSSR count). The number of para-hydroxylation sites is 1. The predicted molar refractivity (Wildman–Crippen MR) is 130 cm³/mol. The van der Waals surface area contributed by atoms with Crippen LogP contribution in [0.25, 0.3) is 0 Å². The molecule has 0 bridgehead atoms. The van der Waals surface area contributed by atoms with E-state index in [2.05, 4.69) is 24.5 Å². The van der Waals surface area contributed by atoms with Crippen molar-refractivity contribution < 1.29 is 14.4 Å². The highest BCUT2D eigenvalue weighted by Gasteiger charge is 2.31. The van der Waals surface area contributed by atoms with E-state index in [9.17, 15) is 14.4 Å². The van der Waals surface area contributed by atoms with Crippen LogP contribution < -0.4 is 15.5 Å². The zero-order chi connectivity index (χ0) is 23.1. The molecule has 0 spiro atoms. The monoisotopic (exact) mass is 454 g/mol. The SMILES string of the molecule is Cc1cccc(NC(=O)NCC(=O)N(CC(=O)N2CCSC(C)(C)C2)c2ccccc2)c1. The zero-order valence-corrected chi connectivity index (χ0v) is 19.6. The van der Waals surface area contributed by atoms with Crippen molar-refractivity contribution in [1.82, 2.24) is 10.2 Å². The number of nitrogens with one attached hydrogen (secondary N) is 2. The predicted octanol–water partition coefficient (Wildman–Crippen LogP) is 3.50. The van der Waals surface area contributed by atoms with Gasteiger partial charge in [0.15, 0.2) is 0 Å². The molecule has 170 valence electrons. The highest BCUT2D eigenvalue weighted by molar-refractivity contribution is 8.00. The summed E-state index contributed by atoms with van der Waals surface area (Å²) in [6.45, 7) is 7.20. The minimum atomic E-state index is -0.474. The molecule has 1 aliphatic rings. The third-order valence-electron chi connectivity index (χ3n) is 5.12. The van der Waals surface area contributed by atoms with Crippen LogP contribution in [0.1, 0.15) is 19.4 Å². The van der Waals surface area contributed by atoms with Gasteiger partial charge in [-0.25, -0.2) is 4.79 Å². The van der Waals surface area contributed by atoms with Crippen LogP contribution in [0.15, 0.2) is 54.6 Å². The van der Waals surface area contributed by atoms with Gasteiger partial charge in [-0.3, -0.25) is 9.59 Å². The number of hydrogen-bond acceptors (Lipinski definition) is 4. The Labute approximate surface area is 193 Å². The van der Waals surface area contributed by atoms with Crippen LogP contribution in [0.5, 0.6) is 0 Å². The highest BCUT2D eigenvalue weighted by atomic mass is 32.2. The van der Waals surface area contributed by atoms with Crippen molar-refractivity contribution >= 4 is 41.0 Å². The minimum absolute atomic E-state index is 0.00900. The van der Waals surface area contributed by atoms with Crippen LogP contribution in [0.3, 0.4) is 0 Å². The van der Waals surface area contributed by atoms with Crippen molar-refractivity contribution in [2.45, 2.75) is 25.5 Å². The van der Waals surface area contributed by atoms with E-state index in [0.717, 1.165) is 11.3 Å². The van der Waals surface area contributed by atoms with Gasteiger partial charge in [-0.15, -0.1) is 0 Å². The summed E-state index contributed by atoms with van der Waals surface area (Å²) in [5.41, 5.74) is 2.29. The van der Waals surface area contributed by atoms with Gasteiger partial charge in [0.1, 0.15) is 6.54 Å². The fraction of sp³-hybridized carbons (Fsp3) is 0.375. The average molecular weight is 455 g/mol. The second kappa shape index (κ2) is 10.5. The summed E-state index contributed by atoms with van der Waals surface area (Å²) in [5.74, 6) is 0.424. The lowest BCUT2D eigenvalue weighted by Crippen LogP contribution is -2.51. The van der Waals surface area contributed by atoms with Gasteiger partial charge in [-0.1, -0.05) is 30.3 Å². The Morgan fingerprint density at radius 2 is 1.84 bits per heavy atom. The van der Waals surface area contributed by atoms with E-state index < -0.39 is 6.03 Å². The zero-order valence-electron chi connectivity index (χ0n) is 18.8. The molecule has 0 aromatic heterocycles. The number of urea groups is 1. The number of anilines is 2. The van der Waals surface area contributed by atoms with E-state index in [4.69, 9.17) is 0 Å². The van der Waals surface area contributed by atoms with Gasteiger partial charge in [0.2, 0.25) is 11.8 Å². The van der Waals surface area contributed by atoms with E-state index in [1.807, 2.05) is 60.0 Å². The molecule has 2 aromatic rings. The van der Waals surface area contributed by atoms with E-state index >= 15 is 0 Å². The second-order valence-corrected chi connectivity index (χ2v) is 10.2. The van der Waals surface area contributed by atoms with Crippen molar-refractivity contribution in [3.05, 3.63) is 60.2 Å². The number of benzene rings is 2. The van der Waals surface area contributed by atoms with Gasteiger partial charge in [-0.05, 0) is 50.6 Å². The first-order valence-electron chi connectivity index (χ1n) is 10.6. The summed E-state index contributed by atoms with van der Waals surface area (Å²) in [6, 6.07) is 16.0. The Kier molecular flexibility index (Phi) is 7.80. The van der Waals surface area contributed by atoms with Gasteiger partial charge in [0, 0.05) is 35.0 Å². The lowest BCUT2D eigenvalue weighted by atomic mass is 10.2. The van der Waals surface area contributed by atoms with Crippen LogP contribution in [0.4, 0.5) is 16.2 Å². The Hall–Kier alpha value is -3.00.